The van der Waals surface area contributed by atoms with E-state index in [1.165, 1.54) is 0 Å². The van der Waals surface area contributed by atoms with E-state index in [1.807, 2.05) is 46.8 Å². The average Bonchev–Trinajstić information content (AvgIpc) is 3.29. The van der Waals surface area contributed by atoms with E-state index in [-0.39, 0.29) is 11.3 Å². The maximum Gasteiger partial charge on any atom is 0.271 e. The van der Waals surface area contributed by atoms with Gasteiger partial charge in [0.2, 0.25) is 0 Å². The van der Waals surface area contributed by atoms with Gasteiger partial charge in [0.05, 0.1) is 5.56 Å². The molecule has 0 saturated heterocycles. The molecule has 8 heteroatoms. The van der Waals surface area contributed by atoms with Gasteiger partial charge < -0.3 is 9.84 Å². The quantitative estimate of drug-likeness (QED) is 0.743. The molecule has 0 bridgehead atoms. The molecule has 0 saturated carbocycles. The van der Waals surface area contributed by atoms with Crippen molar-refractivity contribution in [3.05, 3.63) is 42.4 Å². The van der Waals surface area contributed by atoms with E-state index in [2.05, 4.69) is 25.4 Å². The molecule has 0 unspecified atom stereocenters. The SMILES string of the molecule is CC(C)CNC(=O)c1cn(-c2ccc(-c3nc(C(C)(C)C)no3)cn2)cn1. The van der Waals surface area contributed by atoms with Gasteiger partial charge >= 0.3 is 0 Å². The molecule has 27 heavy (non-hydrogen) atoms. The zero-order chi connectivity index (χ0) is 19.6. The summed E-state index contributed by atoms with van der Waals surface area (Å²) in [6, 6.07) is 3.66. The highest BCUT2D eigenvalue weighted by Gasteiger charge is 2.21. The molecule has 0 fully saturated rings. The lowest BCUT2D eigenvalue weighted by atomic mass is 9.96. The van der Waals surface area contributed by atoms with Gasteiger partial charge in [-0.1, -0.05) is 39.8 Å². The van der Waals surface area contributed by atoms with Gasteiger partial charge in [-0.3, -0.25) is 9.36 Å². The minimum absolute atomic E-state index is 0.182. The molecule has 0 aliphatic rings. The van der Waals surface area contributed by atoms with Crippen LogP contribution in [0.5, 0.6) is 0 Å². The first-order valence-corrected chi connectivity index (χ1v) is 8.87. The highest BCUT2D eigenvalue weighted by Crippen LogP contribution is 2.23. The summed E-state index contributed by atoms with van der Waals surface area (Å²) >= 11 is 0. The molecule has 3 aromatic heterocycles. The summed E-state index contributed by atoms with van der Waals surface area (Å²) in [5.74, 6) is 1.91. The van der Waals surface area contributed by atoms with Crippen LogP contribution in [0.1, 0.15) is 50.9 Å². The Bertz CT molecular complexity index is 918. The monoisotopic (exact) mass is 368 g/mol. The summed E-state index contributed by atoms with van der Waals surface area (Å²) in [5.41, 5.74) is 0.906. The molecule has 0 aromatic carbocycles. The maximum absolute atomic E-state index is 12.1. The van der Waals surface area contributed by atoms with Crippen molar-refractivity contribution in [3.63, 3.8) is 0 Å². The van der Waals surface area contributed by atoms with Gasteiger partial charge in [0.1, 0.15) is 17.8 Å². The fourth-order valence-electron chi connectivity index (χ4n) is 2.26. The Labute approximate surface area is 158 Å². The summed E-state index contributed by atoms with van der Waals surface area (Å²) in [6.07, 6.45) is 4.88. The number of carbonyl (C=O) groups excluding carboxylic acids is 1. The molecule has 1 N–H and O–H groups in total. The molecule has 3 aromatic rings. The topological polar surface area (TPSA) is 98.7 Å². The summed E-state index contributed by atoms with van der Waals surface area (Å²) in [6.45, 7) is 10.8. The van der Waals surface area contributed by atoms with E-state index < -0.39 is 0 Å². The summed E-state index contributed by atoms with van der Waals surface area (Å²) in [5, 5.41) is 6.87. The lowest BCUT2D eigenvalue weighted by Crippen LogP contribution is -2.27. The third kappa shape index (κ3) is 4.39. The van der Waals surface area contributed by atoms with Gasteiger partial charge in [-0.05, 0) is 18.1 Å². The van der Waals surface area contributed by atoms with Crippen LogP contribution in [-0.2, 0) is 5.41 Å². The molecule has 3 rings (SSSR count). The van der Waals surface area contributed by atoms with Crippen LogP contribution in [0.2, 0.25) is 0 Å². The number of imidazole rings is 1. The predicted octanol–water partition coefficient (Wildman–Crippen LogP) is 3.00. The normalized spacial score (nSPS) is 11.8. The Morgan fingerprint density at radius 2 is 2.04 bits per heavy atom. The molecule has 1 amide bonds. The summed E-state index contributed by atoms with van der Waals surface area (Å²) in [7, 11) is 0. The van der Waals surface area contributed by atoms with Crippen LogP contribution in [0.3, 0.4) is 0 Å². The summed E-state index contributed by atoms with van der Waals surface area (Å²) < 4.78 is 7.03. The largest absolute Gasteiger partial charge is 0.350 e. The third-order valence-corrected chi connectivity index (χ3v) is 3.84. The number of nitrogens with one attached hydrogen (secondary N) is 1. The first-order valence-electron chi connectivity index (χ1n) is 8.87. The van der Waals surface area contributed by atoms with Gasteiger partial charge in [0.25, 0.3) is 11.8 Å². The molecule has 0 aliphatic heterocycles. The molecule has 8 nitrogen and oxygen atoms in total. The molecule has 0 radical (unpaired) electrons. The first-order chi connectivity index (χ1) is 12.7. The van der Waals surface area contributed by atoms with Gasteiger partial charge in [0, 0.05) is 24.4 Å². The van der Waals surface area contributed by atoms with Crippen LogP contribution in [0.25, 0.3) is 17.3 Å². The van der Waals surface area contributed by atoms with E-state index in [4.69, 9.17) is 4.52 Å². The van der Waals surface area contributed by atoms with Crippen molar-refractivity contribution in [2.24, 2.45) is 5.92 Å². The van der Waals surface area contributed by atoms with Crippen LogP contribution in [0.15, 0.2) is 35.4 Å². The Kier molecular flexibility index (Phi) is 5.07. The van der Waals surface area contributed by atoms with Crippen molar-refractivity contribution in [2.75, 3.05) is 6.54 Å². The minimum Gasteiger partial charge on any atom is -0.350 e. The van der Waals surface area contributed by atoms with Crippen LogP contribution >= 0.6 is 0 Å². The smallest absolute Gasteiger partial charge is 0.271 e. The van der Waals surface area contributed by atoms with Crippen LogP contribution in [-0.4, -0.2) is 37.1 Å². The fourth-order valence-corrected chi connectivity index (χ4v) is 2.26. The van der Waals surface area contributed by atoms with Crippen LogP contribution in [0.4, 0.5) is 0 Å². The van der Waals surface area contributed by atoms with E-state index >= 15 is 0 Å². The second kappa shape index (κ2) is 7.30. The number of rotatable bonds is 5. The zero-order valence-corrected chi connectivity index (χ0v) is 16.2. The lowest BCUT2D eigenvalue weighted by molar-refractivity contribution is 0.0944. The number of nitrogens with zero attached hydrogens (tertiary/aromatic N) is 5. The van der Waals surface area contributed by atoms with Crippen molar-refractivity contribution in [3.8, 4) is 17.3 Å². The molecule has 142 valence electrons. The number of aromatic nitrogens is 5. The van der Waals surface area contributed by atoms with Crippen molar-refractivity contribution in [1.82, 2.24) is 30.0 Å². The average molecular weight is 368 g/mol. The van der Waals surface area contributed by atoms with Gasteiger partial charge in [-0.15, -0.1) is 0 Å². The minimum atomic E-state index is -0.195. The molecular weight excluding hydrogens is 344 g/mol. The number of hydrogen-bond donors (Lipinski definition) is 1. The van der Waals surface area contributed by atoms with Gasteiger partial charge in [-0.25, -0.2) is 9.97 Å². The van der Waals surface area contributed by atoms with Crippen molar-refractivity contribution in [2.45, 2.75) is 40.0 Å². The Hall–Kier alpha value is -3.03. The molecule has 3 heterocycles. The highest BCUT2D eigenvalue weighted by molar-refractivity contribution is 5.92. The predicted molar refractivity (Wildman–Crippen MR) is 101 cm³/mol. The van der Waals surface area contributed by atoms with Crippen molar-refractivity contribution < 1.29 is 9.32 Å². The molecule has 0 aliphatic carbocycles. The summed E-state index contributed by atoms with van der Waals surface area (Å²) in [4.78, 5) is 25.1. The Morgan fingerprint density at radius 3 is 2.63 bits per heavy atom. The van der Waals surface area contributed by atoms with E-state index in [0.29, 0.717) is 35.7 Å². The van der Waals surface area contributed by atoms with Gasteiger partial charge in [-0.2, -0.15) is 4.98 Å². The number of hydrogen-bond acceptors (Lipinski definition) is 6. The molecule has 0 atom stereocenters. The zero-order valence-electron chi connectivity index (χ0n) is 16.2. The van der Waals surface area contributed by atoms with E-state index in [1.54, 1.807) is 23.3 Å². The first kappa shape index (κ1) is 18.8. The number of pyridine rings is 1. The lowest BCUT2D eigenvalue weighted by Gasteiger charge is -2.10. The van der Waals surface area contributed by atoms with Crippen LogP contribution < -0.4 is 5.32 Å². The van der Waals surface area contributed by atoms with E-state index in [0.717, 1.165) is 5.56 Å². The molecule has 0 spiro atoms. The highest BCUT2D eigenvalue weighted by atomic mass is 16.5. The maximum atomic E-state index is 12.1. The van der Waals surface area contributed by atoms with Crippen molar-refractivity contribution in [1.29, 1.82) is 0 Å². The Morgan fingerprint density at radius 1 is 1.26 bits per heavy atom. The third-order valence-electron chi connectivity index (χ3n) is 3.84. The van der Waals surface area contributed by atoms with E-state index in [9.17, 15) is 4.79 Å². The standard InChI is InChI=1S/C19H24N6O2/c1-12(2)8-21-16(26)14-10-25(11-22-14)15-7-6-13(9-20-15)17-23-18(24-27-17)19(3,4)5/h6-7,9-12H,8H2,1-5H3,(H,21,26). The second-order valence-electron chi connectivity index (χ2n) is 7.85. The van der Waals surface area contributed by atoms with Crippen LogP contribution in [0, 0.1) is 5.92 Å². The molecular formula is C19H24N6O2. The Balaban J connectivity index is 1.74. The van der Waals surface area contributed by atoms with Crippen molar-refractivity contribution >= 4 is 5.91 Å². The number of carbonyl (C=O) groups is 1. The van der Waals surface area contributed by atoms with Gasteiger partial charge in [0.15, 0.2) is 5.82 Å². The fraction of sp³-hybridized carbons (Fsp3) is 0.421. The second-order valence-corrected chi connectivity index (χ2v) is 7.85. The number of amides is 1.